The number of aliphatic imine (C=N–C) groups is 1. The smallest absolute Gasteiger partial charge is 0.322 e. The van der Waals surface area contributed by atoms with E-state index < -0.39 is 17.9 Å². The van der Waals surface area contributed by atoms with Gasteiger partial charge in [-0.15, -0.1) is 0 Å². The highest BCUT2D eigenvalue weighted by Crippen LogP contribution is 2.31. The quantitative estimate of drug-likeness (QED) is 0.174. The van der Waals surface area contributed by atoms with Crippen LogP contribution in [0.15, 0.2) is 51.6 Å². The fourth-order valence-electron chi connectivity index (χ4n) is 2.14. The second-order valence-corrected chi connectivity index (χ2v) is 6.08. The number of aliphatic carboxylic acids is 1. The third-order valence-corrected chi connectivity index (χ3v) is 4.23. The molecule has 10 heteroatoms. The maximum absolute atomic E-state index is 12.4. The molecule has 2 rings (SSSR count). The largest absolute Gasteiger partial charge is 0.480 e. The number of carbonyl (C=O) groups is 2. The molecule has 0 aromatic carbocycles. The van der Waals surface area contributed by atoms with Gasteiger partial charge in [0.2, 0.25) is 0 Å². The van der Waals surface area contributed by atoms with Crippen molar-refractivity contribution in [1.29, 1.82) is 0 Å². The number of allylic oxidation sites excluding steroid dienone is 3. The molecule has 1 atom stereocenters. The van der Waals surface area contributed by atoms with E-state index in [1.165, 1.54) is 11.8 Å². The van der Waals surface area contributed by atoms with Crippen LogP contribution in [0.25, 0.3) is 0 Å². The number of fused-ring (bicyclic) bond motifs is 1. The predicted octanol–water partition coefficient (Wildman–Crippen LogP) is -0.0709. The van der Waals surface area contributed by atoms with Gasteiger partial charge in [-0.2, -0.15) is 0 Å². The van der Waals surface area contributed by atoms with E-state index in [-0.39, 0.29) is 12.4 Å². The van der Waals surface area contributed by atoms with Crippen molar-refractivity contribution in [1.82, 2.24) is 15.8 Å². The van der Waals surface area contributed by atoms with E-state index in [2.05, 4.69) is 15.8 Å². The minimum absolute atomic E-state index is 0.0388. The Balaban J connectivity index is 1.91. The average molecular weight is 364 g/mol. The summed E-state index contributed by atoms with van der Waals surface area (Å²) in [4.78, 5) is 29.8. The molecule has 0 fully saturated rings. The Bertz CT molecular complexity index is 679. The van der Waals surface area contributed by atoms with Crippen LogP contribution in [0.1, 0.15) is 12.8 Å². The fraction of sp³-hybridized carbons (Fsp3) is 0.267. The van der Waals surface area contributed by atoms with Crippen molar-refractivity contribution in [2.24, 2.45) is 16.5 Å². The predicted molar refractivity (Wildman–Crippen MR) is 96.5 cm³/mol. The molecule has 0 radical (unpaired) electrons. The summed E-state index contributed by atoms with van der Waals surface area (Å²) in [5.74, 6) is -1.51. The molecular formula is C15H20N6O3S. The van der Waals surface area contributed by atoms with Crippen molar-refractivity contribution in [3.05, 3.63) is 46.6 Å². The van der Waals surface area contributed by atoms with E-state index >= 15 is 0 Å². The number of guanidine groups is 1. The highest BCUT2D eigenvalue weighted by molar-refractivity contribution is 8.06. The van der Waals surface area contributed by atoms with Crippen molar-refractivity contribution in [3.8, 4) is 0 Å². The summed E-state index contributed by atoms with van der Waals surface area (Å²) in [6.45, 7) is 0.323. The van der Waals surface area contributed by atoms with Crippen LogP contribution in [0.2, 0.25) is 0 Å². The number of hydrogen-bond donors (Lipinski definition) is 5. The van der Waals surface area contributed by atoms with Gasteiger partial charge in [0.1, 0.15) is 10.9 Å². The number of hydrogen-bond acceptors (Lipinski definition) is 6. The van der Waals surface area contributed by atoms with E-state index in [4.69, 9.17) is 11.5 Å². The van der Waals surface area contributed by atoms with Crippen molar-refractivity contribution < 1.29 is 14.7 Å². The average Bonchev–Trinajstić information content (AvgIpc) is 2.59. The molecule has 0 aliphatic carbocycles. The zero-order chi connectivity index (χ0) is 18.2. The van der Waals surface area contributed by atoms with Crippen molar-refractivity contribution >= 4 is 29.6 Å². The maximum Gasteiger partial charge on any atom is 0.322 e. The molecule has 0 aromatic heterocycles. The molecular weight excluding hydrogens is 344 g/mol. The lowest BCUT2D eigenvalue weighted by molar-refractivity contribution is -0.140. The number of rotatable bonds is 8. The van der Waals surface area contributed by atoms with Gasteiger partial charge in [-0.1, -0.05) is 17.8 Å². The molecule has 7 N–H and O–H groups in total. The van der Waals surface area contributed by atoms with E-state index in [0.29, 0.717) is 17.9 Å². The molecule has 25 heavy (non-hydrogen) atoms. The Morgan fingerprint density at radius 1 is 1.32 bits per heavy atom. The van der Waals surface area contributed by atoms with Gasteiger partial charge in [0, 0.05) is 18.9 Å². The van der Waals surface area contributed by atoms with Crippen LogP contribution in [0.3, 0.4) is 0 Å². The summed E-state index contributed by atoms with van der Waals surface area (Å²) < 4.78 is 0. The topological polar surface area (TPSA) is 146 Å². The summed E-state index contributed by atoms with van der Waals surface area (Å²) in [6.07, 6.45) is 9.90. The van der Waals surface area contributed by atoms with Crippen LogP contribution in [-0.2, 0) is 9.59 Å². The first kappa shape index (κ1) is 18.6. The van der Waals surface area contributed by atoms with Crippen LogP contribution in [0.5, 0.6) is 0 Å². The molecule has 9 nitrogen and oxygen atoms in total. The second-order valence-electron chi connectivity index (χ2n) is 5.16. The Labute approximate surface area is 149 Å². The number of hydrazine groups is 1. The molecule has 2 aliphatic heterocycles. The lowest BCUT2D eigenvalue weighted by atomic mass is 10.1. The van der Waals surface area contributed by atoms with Gasteiger partial charge >= 0.3 is 5.97 Å². The number of carbonyl (C=O) groups excluding carboxylic acids is 1. The molecule has 0 saturated heterocycles. The summed E-state index contributed by atoms with van der Waals surface area (Å²) in [5.41, 5.74) is 16.2. The number of nitrogens with one attached hydrogen (secondary N) is 2. The monoisotopic (exact) mass is 364 g/mol. The summed E-state index contributed by atoms with van der Waals surface area (Å²) >= 11 is 1.27. The molecule has 0 unspecified atom stereocenters. The third-order valence-electron chi connectivity index (χ3n) is 3.34. The molecule has 134 valence electrons. The molecule has 2 heterocycles. The van der Waals surface area contributed by atoms with Crippen LogP contribution in [0, 0.1) is 0 Å². The van der Waals surface area contributed by atoms with Crippen LogP contribution < -0.4 is 22.3 Å². The van der Waals surface area contributed by atoms with Crippen LogP contribution >= 0.6 is 11.8 Å². The first-order valence-electron chi connectivity index (χ1n) is 7.54. The van der Waals surface area contributed by atoms with Crippen molar-refractivity contribution in [2.45, 2.75) is 18.9 Å². The first-order valence-corrected chi connectivity index (χ1v) is 8.42. The number of nitrogens with zero attached hydrogens (tertiary/aromatic N) is 2. The highest BCUT2D eigenvalue weighted by atomic mass is 32.2. The Kier molecular flexibility index (Phi) is 6.66. The molecule has 2 aliphatic rings. The lowest BCUT2D eigenvalue weighted by Crippen LogP contribution is -2.48. The van der Waals surface area contributed by atoms with Crippen LogP contribution in [-0.4, -0.2) is 40.4 Å². The van der Waals surface area contributed by atoms with Gasteiger partial charge in [-0.3, -0.25) is 20.0 Å². The zero-order valence-electron chi connectivity index (χ0n) is 13.4. The van der Waals surface area contributed by atoms with Gasteiger partial charge in [-0.05, 0) is 30.4 Å². The van der Waals surface area contributed by atoms with E-state index in [1.54, 1.807) is 5.41 Å². The summed E-state index contributed by atoms with van der Waals surface area (Å²) in [6, 6.07) is -0.939. The van der Waals surface area contributed by atoms with Gasteiger partial charge in [-0.25, -0.2) is 5.43 Å². The number of nitrogens with two attached hydrogens (primary N) is 2. The minimum atomic E-state index is -1.07. The van der Waals surface area contributed by atoms with E-state index in [9.17, 15) is 14.7 Å². The molecule has 0 spiro atoms. The van der Waals surface area contributed by atoms with Crippen molar-refractivity contribution in [3.63, 3.8) is 0 Å². The number of thioether (sulfide) groups is 1. The van der Waals surface area contributed by atoms with E-state index in [0.717, 1.165) is 5.70 Å². The Morgan fingerprint density at radius 3 is 2.84 bits per heavy atom. The number of carboxylic acids is 1. The molecule has 0 bridgehead atoms. The molecule has 1 amide bonds. The SMILES string of the molecule is NC(N)=NCCC[C@H](NNC(=O)C1=C2C=CC=CN2C=CS1)C(=O)O. The maximum atomic E-state index is 12.4. The standard InChI is InChI=1S/C15H20N6O3S/c16-15(17)18-6-3-4-10(14(23)24)19-20-13(22)12-11-5-1-2-7-21(11)8-9-25-12/h1-2,5,7-10,19H,3-4,6H2,(H,20,22)(H,23,24)(H4,16,17,18)/t10-/m0/s1. The third kappa shape index (κ3) is 5.40. The molecule has 0 aromatic rings. The number of amides is 1. The normalized spacial score (nSPS) is 16.4. The van der Waals surface area contributed by atoms with Gasteiger partial charge in [0.05, 0.1) is 5.70 Å². The van der Waals surface area contributed by atoms with Crippen molar-refractivity contribution in [2.75, 3.05) is 6.54 Å². The van der Waals surface area contributed by atoms with Gasteiger partial charge < -0.3 is 21.5 Å². The zero-order valence-corrected chi connectivity index (χ0v) is 14.2. The van der Waals surface area contributed by atoms with Gasteiger partial charge in [0.25, 0.3) is 5.91 Å². The Morgan fingerprint density at radius 2 is 2.12 bits per heavy atom. The van der Waals surface area contributed by atoms with Gasteiger partial charge in [0.15, 0.2) is 5.96 Å². The summed E-state index contributed by atoms with van der Waals surface area (Å²) in [5, 5.41) is 11.0. The second kappa shape index (κ2) is 8.94. The first-order chi connectivity index (χ1) is 12.0. The molecule has 0 saturated carbocycles. The minimum Gasteiger partial charge on any atom is -0.480 e. The number of carboxylic acid groups (broad SMARTS) is 1. The lowest BCUT2D eigenvalue weighted by Gasteiger charge is -2.25. The highest BCUT2D eigenvalue weighted by Gasteiger charge is 2.23. The van der Waals surface area contributed by atoms with E-state index in [1.807, 2.05) is 35.5 Å². The van der Waals surface area contributed by atoms with Crippen LogP contribution in [0.4, 0.5) is 0 Å². The Hall–Kier alpha value is -2.72. The fourth-order valence-corrected chi connectivity index (χ4v) is 2.92. The summed E-state index contributed by atoms with van der Waals surface area (Å²) in [7, 11) is 0.